The third-order valence-electron chi connectivity index (χ3n) is 4.08. The molecule has 2 rings (SSSR count). The quantitative estimate of drug-likeness (QED) is 0.667. The van der Waals surface area contributed by atoms with Gasteiger partial charge in [-0.25, -0.2) is 21.6 Å². The number of sulfone groups is 1. The maximum Gasteiger partial charge on any atom is 0.240 e. The van der Waals surface area contributed by atoms with Gasteiger partial charge in [0.2, 0.25) is 10.0 Å². The molecular weight excluding hydrogens is 421 g/mol. The van der Waals surface area contributed by atoms with Gasteiger partial charge >= 0.3 is 0 Å². The van der Waals surface area contributed by atoms with Crippen LogP contribution in [0.25, 0.3) is 0 Å². The van der Waals surface area contributed by atoms with E-state index in [4.69, 9.17) is 0 Å². The zero-order valence-electron chi connectivity index (χ0n) is 15.1. The Morgan fingerprint density at radius 2 is 1.58 bits per heavy atom. The highest BCUT2D eigenvalue weighted by Crippen LogP contribution is 2.24. The molecule has 1 aromatic rings. The normalized spacial score (nSPS) is 15.8. The molecule has 11 heteroatoms. The molecule has 152 valence electrons. The highest BCUT2D eigenvalue weighted by atomic mass is 35.5. The molecule has 0 bridgehead atoms. The molecule has 0 aromatic heterocycles. The third kappa shape index (κ3) is 6.63. The van der Waals surface area contributed by atoms with Crippen molar-refractivity contribution in [2.24, 2.45) is 0 Å². The van der Waals surface area contributed by atoms with Crippen molar-refractivity contribution < 1.29 is 16.8 Å². The lowest BCUT2D eigenvalue weighted by Crippen LogP contribution is -2.46. The van der Waals surface area contributed by atoms with E-state index in [2.05, 4.69) is 14.9 Å². The van der Waals surface area contributed by atoms with Gasteiger partial charge in [-0.1, -0.05) is 0 Å². The van der Waals surface area contributed by atoms with E-state index in [-0.39, 0.29) is 40.2 Å². The molecule has 1 saturated heterocycles. The van der Waals surface area contributed by atoms with Gasteiger partial charge in [0.25, 0.3) is 0 Å². The summed E-state index contributed by atoms with van der Waals surface area (Å²) in [6.45, 7) is 7.74. The Morgan fingerprint density at radius 1 is 1.04 bits per heavy atom. The van der Waals surface area contributed by atoms with Gasteiger partial charge in [0, 0.05) is 45.5 Å². The van der Waals surface area contributed by atoms with E-state index in [0.717, 1.165) is 32.4 Å². The van der Waals surface area contributed by atoms with Crippen LogP contribution in [0.3, 0.4) is 0 Å². The number of aryl methyl sites for hydroxylation is 1. The van der Waals surface area contributed by atoms with Crippen molar-refractivity contribution in [1.82, 2.24) is 14.9 Å². The lowest BCUT2D eigenvalue weighted by atomic mass is 10.2. The first-order valence-corrected chi connectivity index (χ1v) is 11.2. The minimum atomic E-state index is -3.75. The number of benzene rings is 1. The lowest BCUT2D eigenvalue weighted by Gasteiger charge is -2.27. The van der Waals surface area contributed by atoms with E-state index in [1.54, 1.807) is 6.92 Å². The van der Waals surface area contributed by atoms with Crippen molar-refractivity contribution in [3.05, 3.63) is 23.3 Å². The molecule has 0 amide bonds. The Hall–Kier alpha value is -0.420. The molecule has 1 heterocycles. The Balaban J connectivity index is 0.00000312. The molecule has 0 radical (unpaired) electrons. The molecule has 2 N–H and O–H groups in total. The highest BCUT2D eigenvalue weighted by Gasteiger charge is 2.23. The van der Waals surface area contributed by atoms with Gasteiger partial charge in [0.15, 0.2) is 9.84 Å². The smallest absolute Gasteiger partial charge is 0.240 e. The number of sulfonamides is 1. The number of nitrogens with one attached hydrogen (secondary N) is 2. The second-order valence-corrected chi connectivity index (χ2v) is 9.87. The maximum absolute atomic E-state index is 12.6. The number of rotatable bonds is 6. The minimum absolute atomic E-state index is 0. The van der Waals surface area contributed by atoms with Gasteiger partial charge in [-0.05, 0) is 37.1 Å². The second kappa shape index (κ2) is 10.2. The molecule has 7 nitrogen and oxygen atoms in total. The van der Waals surface area contributed by atoms with Crippen LogP contribution in [0.4, 0.5) is 0 Å². The summed E-state index contributed by atoms with van der Waals surface area (Å²) in [6.07, 6.45) is 1.09. The van der Waals surface area contributed by atoms with Gasteiger partial charge < -0.3 is 5.32 Å². The summed E-state index contributed by atoms with van der Waals surface area (Å²) < 4.78 is 51.5. The van der Waals surface area contributed by atoms with Crippen molar-refractivity contribution >= 4 is 44.7 Å². The van der Waals surface area contributed by atoms with Gasteiger partial charge in [0.1, 0.15) is 0 Å². The standard InChI is InChI=1S/C15H25N3O4S2.2ClH/c1-12-10-14(23(3,19)20)13(2)15(11-12)24(21,22)17-6-9-18-7-4-16-5-8-18;;/h10-11,16-17H,4-9H2,1-3H3;2*1H. The third-order valence-corrected chi connectivity index (χ3v) is 6.89. The number of nitrogens with zero attached hydrogens (tertiary/aromatic N) is 1. The van der Waals surface area contributed by atoms with Gasteiger partial charge in [-0.3, -0.25) is 4.90 Å². The number of hydrogen-bond donors (Lipinski definition) is 2. The average molecular weight is 448 g/mol. The Morgan fingerprint density at radius 3 is 2.12 bits per heavy atom. The van der Waals surface area contributed by atoms with E-state index in [1.165, 1.54) is 19.1 Å². The summed E-state index contributed by atoms with van der Waals surface area (Å²) in [7, 11) is -7.24. The molecular formula is C15H27Cl2N3O4S2. The molecule has 0 unspecified atom stereocenters. The Labute approximate surface area is 168 Å². The fourth-order valence-electron chi connectivity index (χ4n) is 2.81. The fraction of sp³-hybridized carbons (Fsp3) is 0.600. The van der Waals surface area contributed by atoms with E-state index in [9.17, 15) is 16.8 Å². The molecule has 0 aliphatic carbocycles. The largest absolute Gasteiger partial charge is 0.314 e. The molecule has 1 aromatic carbocycles. The molecule has 0 spiro atoms. The molecule has 0 atom stereocenters. The molecule has 1 aliphatic heterocycles. The fourth-order valence-corrected chi connectivity index (χ4v) is 5.31. The van der Waals surface area contributed by atoms with Crippen molar-refractivity contribution in [1.29, 1.82) is 0 Å². The molecule has 1 aliphatic rings. The monoisotopic (exact) mass is 447 g/mol. The molecule has 26 heavy (non-hydrogen) atoms. The van der Waals surface area contributed by atoms with Gasteiger partial charge in [0.05, 0.1) is 9.79 Å². The van der Waals surface area contributed by atoms with Crippen LogP contribution in [0.1, 0.15) is 11.1 Å². The highest BCUT2D eigenvalue weighted by molar-refractivity contribution is 7.91. The van der Waals surface area contributed by atoms with Crippen molar-refractivity contribution in [3.63, 3.8) is 0 Å². The van der Waals surface area contributed by atoms with Crippen LogP contribution in [-0.2, 0) is 19.9 Å². The lowest BCUT2D eigenvalue weighted by molar-refractivity contribution is 0.245. The first-order chi connectivity index (χ1) is 11.1. The zero-order valence-corrected chi connectivity index (χ0v) is 18.4. The van der Waals surface area contributed by atoms with Crippen molar-refractivity contribution in [3.8, 4) is 0 Å². The van der Waals surface area contributed by atoms with Crippen LogP contribution in [0, 0.1) is 13.8 Å². The van der Waals surface area contributed by atoms with Crippen molar-refractivity contribution in [2.75, 3.05) is 45.5 Å². The second-order valence-electron chi connectivity index (χ2n) is 6.15. The summed E-state index contributed by atoms with van der Waals surface area (Å²) >= 11 is 0. The van der Waals surface area contributed by atoms with Crippen molar-refractivity contribution in [2.45, 2.75) is 23.6 Å². The zero-order chi connectivity index (χ0) is 18.0. The van der Waals surface area contributed by atoms with Crippen LogP contribution in [0.15, 0.2) is 21.9 Å². The first kappa shape index (κ1) is 25.6. The summed E-state index contributed by atoms with van der Waals surface area (Å²) in [6, 6.07) is 3.02. The average Bonchev–Trinajstić information content (AvgIpc) is 2.49. The van der Waals surface area contributed by atoms with Crippen LogP contribution < -0.4 is 10.0 Å². The van der Waals surface area contributed by atoms with Crippen LogP contribution >= 0.6 is 24.8 Å². The molecule has 1 fully saturated rings. The Bertz CT molecular complexity index is 808. The van der Waals surface area contributed by atoms with Gasteiger partial charge in [-0.15, -0.1) is 24.8 Å². The first-order valence-electron chi connectivity index (χ1n) is 7.85. The summed E-state index contributed by atoms with van der Waals surface area (Å²) in [5, 5.41) is 3.24. The predicted octanol–water partition coefficient (Wildman–Crippen LogP) is 0.734. The van der Waals surface area contributed by atoms with Crippen LogP contribution in [-0.4, -0.2) is 67.3 Å². The summed E-state index contributed by atoms with van der Waals surface area (Å²) in [5.41, 5.74) is 0.862. The minimum Gasteiger partial charge on any atom is -0.314 e. The van der Waals surface area contributed by atoms with E-state index >= 15 is 0 Å². The van der Waals surface area contributed by atoms with E-state index in [0.29, 0.717) is 18.7 Å². The Kier molecular flexibility index (Phi) is 10.0. The number of halogens is 2. The number of hydrogen-bond acceptors (Lipinski definition) is 6. The summed E-state index contributed by atoms with van der Waals surface area (Å²) in [4.78, 5) is 2.28. The maximum atomic E-state index is 12.6. The van der Waals surface area contributed by atoms with Gasteiger partial charge in [-0.2, -0.15) is 0 Å². The predicted molar refractivity (Wildman–Crippen MR) is 108 cm³/mol. The summed E-state index contributed by atoms with van der Waals surface area (Å²) in [5.74, 6) is 0. The molecule has 0 saturated carbocycles. The SMILES string of the molecule is Cc1cc(S(C)(=O)=O)c(C)c(S(=O)(=O)NCCN2CCNCC2)c1.Cl.Cl. The topological polar surface area (TPSA) is 95.6 Å². The van der Waals surface area contributed by atoms with E-state index in [1.807, 2.05) is 0 Å². The number of piperazine rings is 1. The van der Waals surface area contributed by atoms with E-state index < -0.39 is 19.9 Å². The van der Waals surface area contributed by atoms with Crippen LogP contribution in [0.5, 0.6) is 0 Å². The van der Waals surface area contributed by atoms with Crippen LogP contribution in [0.2, 0.25) is 0 Å².